The standard InChI is InChI=1S/C28H39N3O4/c1-10-31-25(19(4)20(5)30-31)26(34-21(6)35-27(32)33-16-15-18(2)3)24(17-29)22-11-13-23(14-12-22)28(7,8)9/h11-14,18,21H,10,15-16H2,1-9H3/b26-24-. The number of nitriles is 1. The van der Waals surface area contributed by atoms with Crippen molar-refractivity contribution in [1.29, 1.82) is 5.26 Å². The van der Waals surface area contributed by atoms with E-state index in [2.05, 4.69) is 45.8 Å². The van der Waals surface area contributed by atoms with E-state index in [1.807, 2.05) is 45.0 Å². The zero-order valence-corrected chi connectivity index (χ0v) is 22.6. The molecule has 0 radical (unpaired) electrons. The second-order valence-electron chi connectivity index (χ2n) is 10.1. The molecule has 35 heavy (non-hydrogen) atoms. The summed E-state index contributed by atoms with van der Waals surface area (Å²) >= 11 is 0. The number of rotatable bonds is 9. The Balaban J connectivity index is 2.49. The number of benzene rings is 1. The molecular formula is C28H39N3O4. The van der Waals surface area contributed by atoms with E-state index >= 15 is 0 Å². The molecule has 0 amide bonds. The molecule has 1 atom stereocenters. The van der Waals surface area contributed by atoms with Crippen LogP contribution in [0.25, 0.3) is 11.3 Å². The van der Waals surface area contributed by atoms with Crippen molar-refractivity contribution in [3.63, 3.8) is 0 Å². The summed E-state index contributed by atoms with van der Waals surface area (Å²) < 4.78 is 18.5. The first-order valence-electron chi connectivity index (χ1n) is 12.2. The van der Waals surface area contributed by atoms with Crippen LogP contribution in [0.2, 0.25) is 0 Å². The molecule has 0 fully saturated rings. The lowest BCUT2D eigenvalue weighted by Crippen LogP contribution is -2.21. The van der Waals surface area contributed by atoms with Gasteiger partial charge in [-0.05, 0) is 49.7 Å². The van der Waals surface area contributed by atoms with Crippen molar-refractivity contribution >= 4 is 17.5 Å². The summed E-state index contributed by atoms with van der Waals surface area (Å²) in [6.45, 7) is 18.8. The van der Waals surface area contributed by atoms with E-state index in [0.717, 1.165) is 23.2 Å². The number of hydrogen-bond donors (Lipinski definition) is 0. The topological polar surface area (TPSA) is 86.4 Å². The molecule has 2 aromatic rings. The van der Waals surface area contributed by atoms with Crippen LogP contribution in [0.1, 0.15) is 83.0 Å². The van der Waals surface area contributed by atoms with Gasteiger partial charge in [0.1, 0.15) is 17.3 Å². The van der Waals surface area contributed by atoms with Gasteiger partial charge in [-0.3, -0.25) is 4.68 Å². The van der Waals surface area contributed by atoms with Gasteiger partial charge in [0.05, 0.1) is 12.3 Å². The Kier molecular flexibility index (Phi) is 9.53. The first-order valence-corrected chi connectivity index (χ1v) is 12.2. The molecule has 0 saturated heterocycles. The molecule has 1 unspecified atom stereocenters. The summed E-state index contributed by atoms with van der Waals surface area (Å²) in [4.78, 5) is 12.2. The maximum atomic E-state index is 12.2. The van der Waals surface area contributed by atoms with Gasteiger partial charge in [0.25, 0.3) is 0 Å². The molecule has 1 aromatic heterocycles. The number of hydrogen-bond acceptors (Lipinski definition) is 6. The third-order valence-corrected chi connectivity index (χ3v) is 5.78. The van der Waals surface area contributed by atoms with E-state index in [1.165, 1.54) is 0 Å². The van der Waals surface area contributed by atoms with Crippen LogP contribution < -0.4 is 0 Å². The molecule has 7 heteroatoms. The minimum absolute atomic E-state index is 0.0127. The van der Waals surface area contributed by atoms with E-state index in [1.54, 1.807) is 11.6 Å². The van der Waals surface area contributed by atoms with Crippen LogP contribution in [0, 0.1) is 31.1 Å². The number of ether oxygens (including phenoxy) is 3. The van der Waals surface area contributed by atoms with E-state index in [-0.39, 0.29) is 12.0 Å². The molecule has 190 valence electrons. The highest BCUT2D eigenvalue weighted by Crippen LogP contribution is 2.33. The molecule has 0 aliphatic heterocycles. The van der Waals surface area contributed by atoms with Gasteiger partial charge in [-0.25, -0.2) is 4.79 Å². The highest BCUT2D eigenvalue weighted by molar-refractivity contribution is 5.94. The molecule has 0 bridgehead atoms. The summed E-state index contributed by atoms with van der Waals surface area (Å²) in [6, 6.07) is 10.2. The van der Waals surface area contributed by atoms with Crippen LogP contribution in [0.4, 0.5) is 4.79 Å². The largest absolute Gasteiger partial charge is 0.511 e. The summed E-state index contributed by atoms with van der Waals surface area (Å²) in [5.74, 6) is 0.729. The maximum Gasteiger partial charge on any atom is 0.511 e. The maximum absolute atomic E-state index is 12.2. The van der Waals surface area contributed by atoms with Crippen LogP contribution >= 0.6 is 0 Å². The lowest BCUT2D eigenvalue weighted by Gasteiger charge is -2.21. The molecule has 7 nitrogen and oxygen atoms in total. The fraction of sp³-hybridized carbons (Fsp3) is 0.536. The zero-order chi connectivity index (χ0) is 26.3. The SMILES string of the molecule is CCn1nc(C)c(C)c1/C(OC(C)OC(=O)OCCC(C)C)=C(\C#N)c1ccc(C(C)(C)C)cc1. The summed E-state index contributed by atoms with van der Waals surface area (Å²) in [5, 5.41) is 14.8. The predicted octanol–water partition coefficient (Wildman–Crippen LogP) is 6.77. The lowest BCUT2D eigenvalue weighted by atomic mass is 9.86. The molecule has 0 N–H and O–H groups in total. The van der Waals surface area contributed by atoms with Crippen LogP contribution in [0.3, 0.4) is 0 Å². The van der Waals surface area contributed by atoms with Crippen molar-refractivity contribution in [3.05, 3.63) is 52.3 Å². The fourth-order valence-electron chi connectivity index (χ4n) is 3.54. The number of aryl methyl sites for hydroxylation is 2. The van der Waals surface area contributed by atoms with Crippen molar-refractivity contribution in [2.24, 2.45) is 5.92 Å². The van der Waals surface area contributed by atoms with E-state index < -0.39 is 12.4 Å². The molecular weight excluding hydrogens is 442 g/mol. The fourth-order valence-corrected chi connectivity index (χ4v) is 3.54. The van der Waals surface area contributed by atoms with Gasteiger partial charge < -0.3 is 14.2 Å². The summed E-state index contributed by atoms with van der Waals surface area (Å²) in [5.41, 5.74) is 4.62. The minimum atomic E-state index is -0.978. The van der Waals surface area contributed by atoms with E-state index in [9.17, 15) is 10.1 Å². The Hall–Kier alpha value is -3.27. The van der Waals surface area contributed by atoms with Gasteiger partial charge in [0.2, 0.25) is 6.29 Å². The number of nitrogens with zero attached hydrogens (tertiary/aromatic N) is 3. The van der Waals surface area contributed by atoms with Gasteiger partial charge in [0, 0.05) is 19.0 Å². The van der Waals surface area contributed by atoms with Crippen LogP contribution in [0.5, 0.6) is 0 Å². The van der Waals surface area contributed by atoms with Crippen molar-refractivity contribution in [1.82, 2.24) is 9.78 Å². The van der Waals surface area contributed by atoms with Gasteiger partial charge in [-0.1, -0.05) is 58.9 Å². The Morgan fingerprint density at radius 2 is 1.74 bits per heavy atom. The predicted molar refractivity (Wildman–Crippen MR) is 137 cm³/mol. The molecule has 2 rings (SSSR count). The zero-order valence-electron chi connectivity index (χ0n) is 22.6. The monoisotopic (exact) mass is 481 g/mol. The van der Waals surface area contributed by atoms with Gasteiger partial charge in [0.15, 0.2) is 5.76 Å². The number of carbonyl (C=O) groups is 1. The molecule has 0 saturated carbocycles. The molecule has 0 aliphatic rings. The van der Waals surface area contributed by atoms with Gasteiger partial charge in [-0.2, -0.15) is 10.4 Å². The molecule has 0 aliphatic carbocycles. The normalized spacial score (nSPS) is 13.2. The Morgan fingerprint density at radius 1 is 1.11 bits per heavy atom. The second kappa shape index (κ2) is 11.9. The van der Waals surface area contributed by atoms with Crippen molar-refractivity contribution < 1.29 is 19.0 Å². The van der Waals surface area contributed by atoms with E-state index in [0.29, 0.717) is 35.1 Å². The van der Waals surface area contributed by atoms with Crippen LogP contribution in [-0.2, 0) is 26.2 Å². The average Bonchev–Trinajstić information content (AvgIpc) is 3.06. The highest BCUT2D eigenvalue weighted by Gasteiger charge is 2.25. The number of aromatic nitrogens is 2. The third-order valence-electron chi connectivity index (χ3n) is 5.78. The summed E-state index contributed by atoms with van der Waals surface area (Å²) in [7, 11) is 0. The van der Waals surface area contributed by atoms with Crippen molar-refractivity contribution in [2.75, 3.05) is 6.61 Å². The lowest BCUT2D eigenvalue weighted by molar-refractivity contribution is -0.0677. The van der Waals surface area contributed by atoms with Crippen molar-refractivity contribution in [3.8, 4) is 6.07 Å². The quantitative estimate of drug-likeness (QED) is 0.170. The Bertz CT molecular complexity index is 1080. The second-order valence-corrected chi connectivity index (χ2v) is 10.1. The number of allylic oxidation sites excluding steroid dienone is 1. The number of carbonyl (C=O) groups excluding carboxylic acids is 1. The third kappa shape index (κ3) is 7.35. The Labute approximate surface area is 209 Å². The average molecular weight is 482 g/mol. The first kappa shape index (κ1) is 28.0. The smallest absolute Gasteiger partial charge is 0.451 e. The van der Waals surface area contributed by atoms with Gasteiger partial charge >= 0.3 is 6.16 Å². The molecule has 0 spiro atoms. The van der Waals surface area contributed by atoms with Gasteiger partial charge in [-0.15, -0.1) is 0 Å². The Morgan fingerprint density at radius 3 is 2.26 bits per heavy atom. The van der Waals surface area contributed by atoms with Crippen LogP contribution in [0.15, 0.2) is 24.3 Å². The molecule has 1 heterocycles. The summed E-state index contributed by atoms with van der Waals surface area (Å²) in [6.07, 6.45) is -1.04. The minimum Gasteiger partial charge on any atom is -0.451 e. The van der Waals surface area contributed by atoms with Crippen molar-refractivity contribution in [2.45, 2.75) is 87.0 Å². The van der Waals surface area contributed by atoms with Crippen LogP contribution in [-0.4, -0.2) is 28.8 Å². The highest BCUT2D eigenvalue weighted by atomic mass is 16.8. The first-order chi connectivity index (χ1) is 16.4. The molecule has 1 aromatic carbocycles. The van der Waals surface area contributed by atoms with E-state index in [4.69, 9.17) is 14.2 Å².